The van der Waals surface area contributed by atoms with Gasteiger partial charge in [0.05, 0.1) is 0 Å². The van der Waals surface area contributed by atoms with Gasteiger partial charge in [0, 0.05) is 0 Å². The Morgan fingerprint density at radius 3 is 2.14 bits per heavy atom. The van der Waals surface area contributed by atoms with Crippen LogP contribution in [0.25, 0.3) is 0 Å². The molecule has 1 aliphatic rings. The van der Waals surface area contributed by atoms with Gasteiger partial charge in [0.15, 0.2) is 0 Å². The number of aryl methyl sites for hydroxylation is 1. The molecule has 110 valence electrons. The third kappa shape index (κ3) is 2.63. The first kappa shape index (κ1) is 14.3. The lowest BCUT2D eigenvalue weighted by Gasteiger charge is -2.40. The van der Waals surface area contributed by atoms with Gasteiger partial charge in [0.1, 0.15) is 5.60 Å². The number of hydrogen-bond acceptors (Lipinski definition) is 1. The molecule has 0 amide bonds. The zero-order valence-corrected chi connectivity index (χ0v) is 12.8. The van der Waals surface area contributed by atoms with Crippen molar-refractivity contribution in [1.29, 1.82) is 0 Å². The fourth-order valence-electron chi connectivity index (χ4n) is 3.82. The van der Waals surface area contributed by atoms with Gasteiger partial charge in [0.25, 0.3) is 0 Å². The topological polar surface area (TPSA) is 20.2 Å². The van der Waals surface area contributed by atoms with E-state index in [4.69, 9.17) is 0 Å². The summed E-state index contributed by atoms with van der Waals surface area (Å²) < 4.78 is 0. The smallest absolute Gasteiger partial charge is 0.118 e. The maximum absolute atomic E-state index is 11.8. The Kier molecular flexibility index (Phi) is 4.12. The second-order valence-electron chi connectivity index (χ2n) is 6.28. The molecule has 0 saturated heterocycles. The predicted molar refractivity (Wildman–Crippen MR) is 87.2 cm³/mol. The van der Waals surface area contributed by atoms with E-state index in [0.29, 0.717) is 5.92 Å². The van der Waals surface area contributed by atoms with Crippen LogP contribution in [0.4, 0.5) is 0 Å². The van der Waals surface area contributed by atoms with E-state index in [2.05, 4.69) is 31.2 Å². The molecule has 1 nitrogen and oxygen atoms in total. The van der Waals surface area contributed by atoms with Crippen LogP contribution >= 0.6 is 0 Å². The molecular weight excluding hydrogens is 256 g/mol. The molecular formula is C20H24O. The van der Waals surface area contributed by atoms with E-state index >= 15 is 0 Å². The minimum atomic E-state index is -0.854. The maximum atomic E-state index is 11.8. The minimum absolute atomic E-state index is 0.315. The van der Waals surface area contributed by atoms with Crippen LogP contribution in [0.1, 0.15) is 48.8 Å². The molecule has 0 aliphatic heterocycles. The van der Waals surface area contributed by atoms with Crippen LogP contribution in [0.15, 0.2) is 54.6 Å². The molecule has 1 atom stereocenters. The highest BCUT2D eigenvalue weighted by Crippen LogP contribution is 2.44. The Morgan fingerprint density at radius 2 is 1.48 bits per heavy atom. The summed E-state index contributed by atoms with van der Waals surface area (Å²) in [7, 11) is 0. The molecule has 0 radical (unpaired) electrons. The van der Waals surface area contributed by atoms with Crippen molar-refractivity contribution < 1.29 is 5.11 Å². The number of hydrogen-bond donors (Lipinski definition) is 1. The highest BCUT2D eigenvalue weighted by Gasteiger charge is 2.41. The van der Waals surface area contributed by atoms with Crippen molar-refractivity contribution in [2.45, 2.75) is 44.6 Å². The van der Waals surface area contributed by atoms with Crippen LogP contribution < -0.4 is 0 Å². The second kappa shape index (κ2) is 6.03. The molecule has 1 aliphatic carbocycles. The van der Waals surface area contributed by atoms with Gasteiger partial charge in [-0.1, -0.05) is 73.9 Å². The fraction of sp³-hybridized carbons (Fsp3) is 0.400. The van der Waals surface area contributed by atoms with Gasteiger partial charge in [-0.3, -0.25) is 0 Å². The monoisotopic (exact) mass is 280 g/mol. The maximum Gasteiger partial charge on any atom is 0.118 e. The largest absolute Gasteiger partial charge is 0.380 e. The first-order valence-corrected chi connectivity index (χ1v) is 8.07. The lowest BCUT2D eigenvalue weighted by atomic mass is 9.69. The fourth-order valence-corrected chi connectivity index (χ4v) is 3.82. The standard InChI is InChI=1S/C20H24O/c1-16-10-8-9-15-19(16)20(21,17-11-4-2-5-12-17)18-13-6-3-7-14-18/h2,4-5,8-12,15,18,21H,3,6-7,13-14H2,1H3. The lowest BCUT2D eigenvalue weighted by molar-refractivity contribution is -0.00123. The molecule has 21 heavy (non-hydrogen) atoms. The number of rotatable bonds is 3. The summed E-state index contributed by atoms with van der Waals surface area (Å²) in [6.45, 7) is 2.10. The van der Waals surface area contributed by atoms with Crippen molar-refractivity contribution >= 4 is 0 Å². The SMILES string of the molecule is Cc1ccccc1C(O)(c1ccccc1)C1CCCCC1. The third-order valence-electron chi connectivity index (χ3n) is 4.97. The molecule has 0 bridgehead atoms. The summed E-state index contributed by atoms with van der Waals surface area (Å²) in [5.41, 5.74) is 2.43. The Bertz CT molecular complexity index is 584. The Balaban J connectivity index is 2.12. The molecule has 1 N–H and O–H groups in total. The number of aliphatic hydroxyl groups is 1. The van der Waals surface area contributed by atoms with Crippen molar-refractivity contribution in [3.63, 3.8) is 0 Å². The molecule has 1 heteroatoms. The molecule has 2 aromatic rings. The molecule has 1 saturated carbocycles. The molecule has 0 aromatic heterocycles. The Labute approximate surface area is 127 Å². The van der Waals surface area contributed by atoms with Crippen molar-refractivity contribution in [2.75, 3.05) is 0 Å². The number of benzene rings is 2. The third-order valence-corrected chi connectivity index (χ3v) is 4.97. The normalized spacial score (nSPS) is 19.1. The van der Waals surface area contributed by atoms with Gasteiger partial charge in [-0.25, -0.2) is 0 Å². The average Bonchev–Trinajstić information content (AvgIpc) is 2.56. The molecule has 1 unspecified atom stereocenters. The van der Waals surface area contributed by atoms with Crippen LogP contribution in [0.5, 0.6) is 0 Å². The Morgan fingerprint density at radius 1 is 0.857 bits per heavy atom. The van der Waals surface area contributed by atoms with Gasteiger partial charge in [-0.05, 0) is 42.4 Å². The summed E-state index contributed by atoms with van der Waals surface area (Å²) in [4.78, 5) is 0. The van der Waals surface area contributed by atoms with E-state index in [1.807, 2.05) is 30.3 Å². The van der Waals surface area contributed by atoms with E-state index in [9.17, 15) is 5.11 Å². The molecule has 1 fully saturated rings. The van der Waals surface area contributed by atoms with Crippen LogP contribution in [0.3, 0.4) is 0 Å². The summed E-state index contributed by atoms with van der Waals surface area (Å²) in [5.74, 6) is 0.315. The second-order valence-corrected chi connectivity index (χ2v) is 6.28. The minimum Gasteiger partial charge on any atom is -0.380 e. The first-order chi connectivity index (χ1) is 10.2. The van der Waals surface area contributed by atoms with Crippen LogP contribution in [-0.2, 0) is 5.60 Å². The van der Waals surface area contributed by atoms with Crippen molar-refractivity contribution in [3.8, 4) is 0 Å². The Hall–Kier alpha value is -1.60. The average molecular weight is 280 g/mol. The van der Waals surface area contributed by atoms with Gasteiger partial charge in [0.2, 0.25) is 0 Å². The summed E-state index contributed by atoms with van der Waals surface area (Å²) in [6.07, 6.45) is 5.98. The predicted octanol–water partition coefficient (Wildman–Crippen LogP) is 4.81. The van der Waals surface area contributed by atoms with Crippen molar-refractivity contribution in [2.24, 2.45) is 5.92 Å². The van der Waals surface area contributed by atoms with Gasteiger partial charge < -0.3 is 5.11 Å². The van der Waals surface area contributed by atoms with Crippen LogP contribution in [-0.4, -0.2) is 5.11 Å². The zero-order chi connectivity index (χ0) is 14.7. The highest BCUT2D eigenvalue weighted by molar-refractivity contribution is 5.41. The summed E-state index contributed by atoms with van der Waals surface area (Å²) in [5, 5.41) is 11.8. The van der Waals surface area contributed by atoms with Gasteiger partial charge in [-0.2, -0.15) is 0 Å². The summed E-state index contributed by atoms with van der Waals surface area (Å²) in [6, 6.07) is 18.5. The zero-order valence-electron chi connectivity index (χ0n) is 12.8. The molecule has 3 rings (SSSR count). The summed E-state index contributed by atoms with van der Waals surface area (Å²) >= 11 is 0. The van der Waals surface area contributed by atoms with E-state index < -0.39 is 5.60 Å². The van der Waals surface area contributed by atoms with Crippen molar-refractivity contribution in [3.05, 3.63) is 71.3 Å². The van der Waals surface area contributed by atoms with E-state index in [-0.39, 0.29) is 0 Å². The van der Waals surface area contributed by atoms with E-state index in [1.54, 1.807) is 0 Å². The quantitative estimate of drug-likeness (QED) is 0.855. The highest BCUT2D eigenvalue weighted by atomic mass is 16.3. The van der Waals surface area contributed by atoms with Gasteiger partial charge in [-0.15, -0.1) is 0 Å². The van der Waals surface area contributed by atoms with E-state index in [1.165, 1.54) is 24.8 Å². The molecule has 0 spiro atoms. The molecule has 2 aromatic carbocycles. The van der Waals surface area contributed by atoms with Crippen LogP contribution in [0.2, 0.25) is 0 Å². The lowest BCUT2D eigenvalue weighted by Crippen LogP contribution is -2.38. The van der Waals surface area contributed by atoms with Crippen molar-refractivity contribution in [1.82, 2.24) is 0 Å². The van der Waals surface area contributed by atoms with E-state index in [0.717, 1.165) is 24.0 Å². The first-order valence-electron chi connectivity index (χ1n) is 8.07. The van der Waals surface area contributed by atoms with Gasteiger partial charge >= 0.3 is 0 Å². The molecule has 0 heterocycles. The van der Waals surface area contributed by atoms with Crippen LogP contribution in [0, 0.1) is 12.8 Å².